The third kappa shape index (κ3) is 7.30. The monoisotopic (exact) mass is 346 g/mol. The largest absolute Gasteiger partial charge is 0.481 e. The summed E-state index contributed by atoms with van der Waals surface area (Å²) in [5.74, 6) is -1.15. The van der Waals surface area contributed by atoms with Crippen molar-refractivity contribution in [3.05, 3.63) is 58.1 Å². The lowest BCUT2D eigenvalue weighted by Gasteiger charge is -2.10. The van der Waals surface area contributed by atoms with Gasteiger partial charge in [-0.05, 0) is 18.9 Å². The molecular weight excluding hydrogens is 324 g/mol. The first kappa shape index (κ1) is 19.9. The van der Waals surface area contributed by atoms with Gasteiger partial charge in [-0.1, -0.05) is 30.3 Å². The number of nitrogens with one attached hydrogen (secondary N) is 1. The molecule has 134 valence electrons. The van der Waals surface area contributed by atoms with E-state index in [9.17, 15) is 9.59 Å². The van der Waals surface area contributed by atoms with E-state index >= 15 is 0 Å². The summed E-state index contributed by atoms with van der Waals surface area (Å²) in [6.45, 7) is 3.25. The van der Waals surface area contributed by atoms with E-state index in [2.05, 4.69) is 10.3 Å². The standard InChI is InChI=1S/C15H18N4O2.C2H4O2/c1-11-9-18-14(15(21)19(11)10-13(16)20)17-8-7-12-5-3-2-4-6-12;1-2(3)4/h2-6,9H,7-8,10H2,1H3,(H2,16,20)(H,17,18);1H3,(H,3,4). The van der Waals surface area contributed by atoms with Crippen LogP contribution in [-0.4, -0.2) is 33.1 Å². The Morgan fingerprint density at radius 3 is 2.44 bits per heavy atom. The first-order chi connectivity index (χ1) is 11.8. The summed E-state index contributed by atoms with van der Waals surface area (Å²) >= 11 is 0. The van der Waals surface area contributed by atoms with Gasteiger partial charge in [0, 0.05) is 25.4 Å². The van der Waals surface area contributed by atoms with Crippen LogP contribution < -0.4 is 16.6 Å². The number of carboxylic acid groups (broad SMARTS) is 1. The van der Waals surface area contributed by atoms with Gasteiger partial charge in [0.05, 0.1) is 0 Å². The van der Waals surface area contributed by atoms with Crippen molar-refractivity contribution in [1.82, 2.24) is 9.55 Å². The quantitative estimate of drug-likeness (QED) is 0.709. The molecule has 0 aliphatic heterocycles. The van der Waals surface area contributed by atoms with Crippen LogP contribution in [0, 0.1) is 6.92 Å². The Bertz CT molecular complexity index is 768. The molecule has 8 heteroatoms. The minimum absolute atomic E-state index is 0.138. The van der Waals surface area contributed by atoms with E-state index in [1.54, 1.807) is 13.1 Å². The van der Waals surface area contributed by atoms with Crippen molar-refractivity contribution in [1.29, 1.82) is 0 Å². The highest BCUT2D eigenvalue weighted by molar-refractivity contribution is 5.73. The lowest BCUT2D eigenvalue weighted by atomic mass is 10.1. The molecule has 25 heavy (non-hydrogen) atoms. The van der Waals surface area contributed by atoms with Crippen molar-refractivity contribution in [2.24, 2.45) is 5.73 Å². The predicted molar refractivity (Wildman–Crippen MR) is 94.4 cm³/mol. The molecule has 2 aromatic rings. The van der Waals surface area contributed by atoms with Crippen LogP contribution >= 0.6 is 0 Å². The van der Waals surface area contributed by atoms with Crippen molar-refractivity contribution in [2.75, 3.05) is 11.9 Å². The molecule has 1 heterocycles. The summed E-state index contributed by atoms with van der Waals surface area (Å²) < 4.78 is 1.32. The molecule has 1 amide bonds. The maximum absolute atomic E-state index is 12.2. The lowest BCUT2D eigenvalue weighted by molar-refractivity contribution is -0.134. The second-order valence-electron chi connectivity index (χ2n) is 5.29. The van der Waals surface area contributed by atoms with Crippen molar-refractivity contribution in [3.63, 3.8) is 0 Å². The fourth-order valence-corrected chi connectivity index (χ4v) is 2.01. The van der Waals surface area contributed by atoms with Crippen molar-refractivity contribution in [2.45, 2.75) is 26.8 Å². The highest BCUT2D eigenvalue weighted by Crippen LogP contribution is 2.02. The molecule has 0 bridgehead atoms. The van der Waals surface area contributed by atoms with Gasteiger partial charge in [0.2, 0.25) is 5.91 Å². The molecule has 0 radical (unpaired) electrons. The van der Waals surface area contributed by atoms with Gasteiger partial charge in [-0.25, -0.2) is 4.98 Å². The summed E-state index contributed by atoms with van der Waals surface area (Å²) in [5.41, 5.74) is 6.60. The van der Waals surface area contributed by atoms with E-state index in [1.807, 2.05) is 30.3 Å². The van der Waals surface area contributed by atoms with Crippen LogP contribution in [0.3, 0.4) is 0 Å². The molecule has 2 rings (SSSR count). The van der Waals surface area contributed by atoms with Gasteiger partial charge < -0.3 is 16.2 Å². The summed E-state index contributed by atoms with van der Waals surface area (Å²) in [6, 6.07) is 9.95. The zero-order chi connectivity index (χ0) is 18.8. The highest BCUT2D eigenvalue weighted by Gasteiger charge is 2.09. The Hall–Kier alpha value is -3.16. The predicted octanol–water partition coefficient (Wildman–Crippen LogP) is 0.783. The van der Waals surface area contributed by atoms with Gasteiger partial charge in [0.15, 0.2) is 5.82 Å². The third-order valence-electron chi connectivity index (χ3n) is 3.12. The Morgan fingerprint density at radius 1 is 1.28 bits per heavy atom. The number of carboxylic acids is 1. The minimum Gasteiger partial charge on any atom is -0.481 e. The number of nitrogens with two attached hydrogens (primary N) is 1. The van der Waals surface area contributed by atoms with Crippen LogP contribution in [-0.2, 0) is 22.6 Å². The number of hydrogen-bond acceptors (Lipinski definition) is 5. The van der Waals surface area contributed by atoms with Crippen LogP contribution in [0.4, 0.5) is 5.82 Å². The Balaban J connectivity index is 0.000000705. The zero-order valence-electron chi connectivity index (χ0n) is 14.2. The molecule has 8 nitrogen and oxygen atoms in total. The molecule has 0 saturated heterocycles. The van der Waals surface area contributed by atoms with Crippen molar-refractivity contribution < 1.29 is 14.7 Å². The van der Waals surface area contributed by atoms with Gasteiger partial charge in [-0.2, -0.15) is 0 Å². The second-order valence-corrected chi connectivity index (χ2v) is 5.29. The van der Waals surface area contributed by atoms with E-state index in [1.165, 1.54) is 10.1 Å². The maximum Gasteiger partial charge on any atom is 0.300 e. The Kier molecular flexibility index (Phi) is 7.85. The molecule has 0 spiro atoms. The molecule has 0 aliphatic rings. The highest BCUT2D eigenvalue weighted by atomic mass is 16.4. The van der Waals surface area contributed by atoms with E-state index in [0.717, 1.165) is 13.3 Å². The van der Waals surface area contributed by atoms with Crippen molar-refractivity contribution in [3.8, 4) is 0 Å². The number of rotatable bonds is 6. The lowest BCUT2D eigenvalue weighted by Crippen LogP contribution is -2.32. The third-order valence-corrected chi connectivity index (χ3v) is 3.12. The topological polar surface area (TPSA) is 127 Å². The molecule has 0 fully saturated rings. The van der Waals surface area contributed by atoms with Crippen molar-refractivity contribution >= 4 is 17.7 Å². The molecule has 0 unspecified atom stereocenters. The number of aromatic nitrogens is 2. The number of hydrogen-bond donors (Lipinski definition) is 3. The number of benzene rings is 1. The first-order valence-corrected chi connectivity index (χ1v) is 7.63. The fourth-order valence-electron chi connectivity index (χ4n) is 2.01. The van der Waals surface area contributed by atoms with Crippen LogP contribution in [0.1, 0.15) is 18.2 Å². The SMILES string of the molecule is CC(=O)O.Cc1cnc(NCCc2ccccc2)c(=O)n1CC(N)=O. The molecule has 0 saturated carbocycles. The number of nitrogens with zero attached hydrogens (tertiary/aromatic N) is 2. The molecule has 1 aromatic heterocycles. The molecular formula is C17H22N4O4. The Morgan fingerprint density at radius 2 is 1.88 bits per heavy atom. The minimum atomic E-state index is -0.833. The van der Waals surface area contributed by atoms with Gasteiger partial charge in [-0.15, -0.1) is 0 Å². The summed E-state index contributed by atoms with van der Waals surface area (Å²) in [4.78, 5) is 36.3. The number of carbonyl (C=O) groups excluding carboxylic acids is 1. The van der Waals surface area contributed by atoms with Crippen LogP contribution in [0.2, 0.25) is 0 Å². The van der Waals surface area contributed by atoms with Gasteiger partial charge in [0.1, 0.15) is 6.54 Å². The maximum atomic E-state index is 12.2. The van der Waals surface area contributed by atoms with Gasteiger partial charge in [0.25, 0.3) is 11.5 Å². The molecule has 1 aromatic carbocycles. The number of aliphatic carboxylic acids is 1. The van der Waals surface area contributed by atoms with Gasteiger partial charge in [-0.3, -0.25) is 19.0 Å². The smallest absolute Gasteiger partial charge is 0.300 e. The van der Waals surface area contributed by atoms with E-state index in [0.29, 0.717) is 12.2 Å². The van der Waals surface area contributed by atoms with E-state index < -0.39 is 11.9 Å². The average Bonchev–Trinajstić information content (AvgIpc) is 2.54. The number of primary amides is 1. The average molecular weight is 346 g/mol. The van der Waals surface area contributed by atoms with E-state index in [4.69, 9.17) is 15.6 Å². The van der Waals surface area contributed by atoms with E-state index in [-0.39, 0.29) is 17.9 Å². The summed E-state index contributed by atoms with van der Waals surface area (Å²) in [5, 5.41) is 10.4. The fraction of sp³-hybridized carbons (Fsp3) is 0.294. The molecule has 0 atom stereocenters. The molecule has 0 aliphatic carbocycles. The van der Waals surface area contributed by atoms with Crippen LogP contribution in [0.5, 0.6) is 0 Å². The second kappa shape index (κ2) is 9.86. The first-order valence-electron chi connectivity index (χ1n) is 7.63. The number of carbonyl (C=O) groups is 2. The van der Waals surface area contributed by atoms with Crippen LogP contribution in [0.25, 0.3) is 0 Å². The summed E-state index contributed by atoms with van der Waals surface area (Å²) in [7, 11) is 0. The zero-order valence-corrected chi connectivity index (χ0v) is 14.2. The van der Waals surface area contributed by atoms with Gasteiger partial charge >= 0.3 is 0 Å². The Labute approximate surface area is 145 Å². The number of anilines is 1. The number of amides is 1. The normalized spacial score (nSPS) is 9.68. The summed E-state index contributed by atoms with van der Waals surface area (Å²) in [6.07, 6.45) is 2.33. The van der Waals surface area contributed by atoms with Crippen LogP contribution in [0.15, 0.2) is 41.3 Å². The molecule has 4 N–H and O–H groups in total. The number of aryl methyl sites for hydroxylation is 1.